The molecule has 1 amide bonds. The predicted octanol–water partition coefficient (Wildman–Crippen LogP) is 4.87. The minimum Gasteiger partial charge on any atom is -0.493 e. The monoisotopic (exact) mass is 343 g/mol. The van der Waals surface area contributed by atoms with E-state index < -0.39 is 0 Å². The first kappa shape index (κ1) is 18.4. The average Bonchev–Trinajstić information content (AvgIpc) is 2.55. The van der Waals surface area contributed by atoms with Gasteiger partial charge in [-0.1, -0.05) is 38.1 Å². The van der Waals surface area contributed by atoms with Crippen LogP contribution in [0, 0.1) is 6.92 Å². The Kier molecular flexibility index (Phi) is 7.19. The summed E-state index contributed by atoms with van der Waals surface area (Å²) >= 11 is 1.58. The van der Waals surface area contributed by atoms with Crippen LogP contribution in [0.1, 0.15) is 30.9 Å². The fraction of sp³-hybridized carbons (Fsp3) is 0.350. The fourth-order valence-electron chi connectivity index (χ4n) is 2.25. The summed E-state index contributed by atoms with van der Waals surface area (Å²) in [7, 11) is 0. The van der Waals surface area contributed by atoms with E-state index in [-0.39, 0.29) is 5.91 Å². The van der Waals surface area contributed by atoms with E-state index in [1.165, 1.54) is 5.56 Å². The van der Waals surface area contributed by atoms with Crippen molar-refractivity contribution >= 4 is 23.4 Å². The van der Waals surface area contributed by atoms with Crippen molar-refractivity contribution in [3.63, 3.8) is 0 Å². The van der Waals surface area contributed by atoms with Crippen molar-refractivity contribution in [3.05, 3.63) is 59.7 Å². The molecule has 2 aromatic rings. The number of hydrogen-bond donors (Lipinski definition) is 1. The molecule has 0 fully saturated rings. The Balaban J connectivity index is 1.63. The van der Waals surface area contributed by atoms with Gasteiger partial charge in [-0.15, -0.1) is 11.8 Å². The lowest BCUT2D eigenvalue weighted by Crippen LogP contribution is -2.15. The van der Waals surface area contributed by atoms with Gasteiger partial charge in [0, 0.05) is 11.4 Å². The number of hydrogen-bond acceptors (Lipinski definition) is 3. The average molecular weight is 343 g/mol. The first-order valence-corrected chi connectivity index (χ1v) is 9.37. The molecule has 3 nitrogen and oxygen atoms in total. The standard InChI is InChI=1S/C20H25NO2S/c1-15(2)17-7-9-19(10-8-17)23-11-12-24-14-20(22)21-18-6-4-5-16(3)13-18/h4-10,13,15H,11-12,14H2,1-3H3,(H,21,22). The van der Waals surface area contributed by atoms with Crippen LogP contribution in [0.3, 0.4) is 0 Å². The molecule has 0 atom stereocenters. The summed E-state index contributed by atoms with van der Waals surface area (Å²) in [5, 5.41) is 2.91. The highest BCUT2D eigenvalue weighted by Crippen LogP contribution is 2.18. The largest absolute Gasteiger partial charge is 0.493 e. The molecule has 0 aromatic heterocycles. The molecule has 0 aliphatic carbocycles. The van der Waals surface area contributed by atoms with Crippen LogP contribution >= 0.6 is 11.8 Å². The Hall–Kier alpha value is -1.94. The van der Waals surface area contributed by atoms with Crippen molar-refractivity contribution in [1.82, 2.24) is 0 Å². The summed E-state index contributed by atoms with van der Waals surface area (Å²) in [6.45, 7) is 6.96. The van der Waals surface area contributed by atoms with E-state index in [1.54, 1.807) is 11.8 Å². The van der Waals surface area contributed by atoms with Crippen LogP contribution < -0.4 is 10.1 Å². The molecule has 0 bridgehead atoms. The third-order valence-electron chi connectivity index (χ3n) is 3.58. The van der Waals surface area contributed by atoms with E-state index in [9.17, 15) is 4.79 Å². The molecular weight excluding hydrogens is 318 g/mol. The number of benzene rings is 2. The molecule has 0 aliphatic heterocycles. The van der Waals surface area contributed by atoms with E-state index >= 15 is 0 Å². The smallest absolute Gasteiger partial charge is 0.234 e. The molecule has 1 N–H and O–H groups in total. The third-order valence-corrected chi connectivity index (χ3v) is 4.50. The second-order valence-electron chi connectivity index (χ2n) is 6.04. The number of ether oxygens (including phenoxy) is 1. The second kappa shape index (κ2) is 9.38. The van der Waals surface area contributed by atoms with Gasteiger partial charge in [-0.3, -0.25) is 4.79 Å². The lowest BCUT2D eigenvalue weighted by atomic mass is 10.0. The fourth-order valence-corrected chi connectivity index (χ4v) is 2.86. The quantitative estimate of drug-likeness (QED) is 0.695. The van der Waals surface area contributed by atoms with Gasteiger partial charge < -0.3 is 10.1 Å². The van der Waals surface area contributed by atoms with E-state index in [2.05, 4.69) is 31.3 Å². The van der Waals surface area contributed by atoms with Crippen LogP contribution in [-0.4, -0.2) is 24.0 Å². The Bertz CT molecular complexity index is 653. The lowest BCUT2D eigenvalue weighted by molar-refractivity contribution is -0.113. The molecule has 0 radical (unpaired) electrons. The number of aryl methyl sites for hydroxylation is 1. The first-order valence-electron chi connectivity index (χ1n) is 8.21. The van der Waals surface area contributed by atoms with Gasteiger partial charge in [0.2, 0.25) is 5.91 Å². The topological polar surface area (TPSA) is 38.3 Å². The number of carbonyl (C=O) groups excluding carboxylic acids is 1. The van der Waals surface area contributed by atoms with Crippen molar-refractivity contribution in [3.8, 4) is 5.75 Å². The molecule has 0 aliphatic rings. The zero-order chi connectivity index (χ0) is 17.4. The Labute approximate surface area is 148 Å². The summed E-state index contributed by atoms with van der Waals surface area (Å²) < 4.78 is 5.70. The Morgan fingerprint density at radius 2 is 1.92 bits per heavy atom. The van der Waals surface area contributed by atoms with E-state index in [0.717, 1.165) is 22.8 Å². The summed E-state index contributed by atoms with van der Waals surface area (Å²) in [4.78, 5) is 11.9. The number of anilines is 1. The molecule has 0 saturated carbocycles. The molecule has 4 heteroatoms. The zero-order valence-corrected chi connectivity index (χ0v) is 15.4. The summed E-state index contributed by atoms with van der Waals surface area (Å²) in [6, 6.07) is 16.0. The van der Waals surface area contributed by atoms with Crippen LogP contribution in [0.15, 0.2) is 48.5 Å². The van der Waals surface area contributed by atoms with Crippen molar-refractivity contribution < 1.29 is 9.53 Å². The molecule has 0 unspecified atom stereocenters. The van der Waals surface area contributed by atoms with Crippen molar-refractivity contribution in [2.24, 2.45) is 0 Å². The molecule has 24 heavy (non-hydrogen) atoms. The molecule has 2 rings (SSSR count). The Morgan fingerprint density at radius 3 is 2.58 bits per heavy atom. The third kappa shape index (κ3) is 6.28. The van der Waals surface area contributed by atoms with Crippen molar-refractivity contribution in [2.75, 3.05) is 23.4 Å². The normalized spacial score (nSPS) is 10.7. The number of rotatable bonds is 8. The molecule has 0 spiro atoms. The number of carbonyl (C=O) groups is 1. The van der Waals surface area contributed by atoms with Gasteiger partial charge >= 0.3 is 0 Å². The maximum Gasteiger partial charge on any atom is 0.234 e. The van der Waals surface area contributed by atoms with Gasteiger partial charge in [-0.25, -0.2) is 0 Å². The number of amides is 1. The molecule has 128 valence electrons. The predicted molar refractivity (Wildman–Crippen MR) is 103 cm³/mol. The van der Waals surface area contributed by atoms with Gasteiger partial charge in [0.25, 0.3) is 0 Å². The van der Waals surface area contributed by atoms with Gasteiger partial charge in [-0.2, -0.15) is 0 Å². The minimum absolute atomic E-state index is 0.0203. The minimum atomic E-state index is 0.0203. The molecule has 0 heterocycles. The number of thioether (sulfide) groups is 1. The van der Waals surface area contributed by atoms with Crippen LogP contribution in [0.2, 0.25) is 0 Å². The highest BCUT2D eigenvalue weighted by atomic mass is 32.2. The second-order valence-corrected chi connectivity index (χ2v) is 7.15. The maximum atomic E-state index is 11.9. The van der Waals surface area contributed by atoms with E-state index in [0.29, 0.717) is 18.3 Å². The van der Waals surface area contributed by atoms with E-state index in [4.69, 9.17) is 4.74 Å². The van der Waals surface area contributed by atoms with Crippen LogP contribution in [0.25, 0.3) is 0 Å². The molecule has 2 aromatic carbocycles. The highest BCUT2D eigenvalue weighted by molar-refractivity contribution is 7.99. The Morgan fingerprint density at radius 1 is 1.17 bits per heavy atom. The van der Waals surface area contributed by atoms with Gasteiger partial charge in [0.1, 0.15) is 5.75 Å². The van der Waals surface area contributed by atoms with Crippen LogP contribution in [0.5, 0.6) is 5.75 Å². The highest BCUT2D eigenvalue weighted by Gasteiger charge is 2.03. The zero-order valence-electron chi connectivity index (χ0n) is 14.5. The van der Waals surface area contributed by atoms with E-state index in [1.807, 2.05) is 43.3 Å². The maximum absolute atomic E-state index is 11.9. The van der Waals surface area contributed by atoms with Gasteiger partial charge in [0.05, 0.1) is 12.4 Å². The van der Waals surface area contributed by atoms with Crippen LogP contribution in [0.4, 0.5) is 5.69 Å². The van der Waals surface area contributed by atoms with Gasteiger partial charge in [0.15, 0.2) is 0 Å². The summed E-state index contributed by atoms with van der Waals surface area (Å²) in [6.07, 6.45) is 0. The lowest BCUT2D eigenvalue weighted by Gasteiger charge is -2.09. The molecule has 0 saturated heterocycles. The molecular formula is C20H25NO2S. The number of nitrogens with one attached hydrogen (secondary N) is 1. The van der Waals surface area contributed by atoms with Crippen LogP contribution in [-0.2, 0) is 4.79 Å². The van der Waals surface area contributed by atoms with Crippen molar-refractivity contribution in [1.29, 1.82) is 0 Å². The van der Waals surface area contributed by atoms with Gasteiger partial charge in [-0.05, 0) is 48.2 Å². The van der Waals surface area contributed by atoms with Crippen molar-refractivity contribution in [2.45, 2.75) is 26.7 Å². The SMILES string of the molecule is Cc1cccc(NC(=O)CSCCOc2ccc(C(C)C)cc2)c1. The summed E-state index contributed by atoms with van der Waals surface area (Å²) in [5.74, 6) is 2.65. The first-order chi connectivity index (χ1) is 11.5. The summed E-state index contributed by atoms with van der Waals surface area (Å²) in [5.41, 5.74) is 3.30.